The first-order valence-corrected chi connectivity index (χ1v) is 6.01. The fourth-order valence-corrected chi connectivity index (χ4v) is 2.10. The highest BCUT2D eigenvalue weighted by Crippen LogP contribution is 2.25. The second-order valence-electron chi connectivity index (χ2n) is 4.69. The smallest absolute Gasteiger partial charge is 0.305 e. The van der Waals surface area contributed by atoms with Crippen LogP contribution in [0.25, 0.3) is 0 Å². The number of nitrogens with zero attached hydrogens (tertiary/aromatic N) is 4. The number of nitro groups is 1. The average Bonchev–Trinajstić information content (AvgIpc) is 2.41. The van der Waals surface area contributed by atoms with Gasteiger partial charge < -0.3 is 10.0 Å². The summed E-state index contributed by atoms with van der Waals surface area (Å²) in [4.78, 5) is 16.0. The number of hydrogen-bond donors (Lipinski definition) is 1. The minimum Gasteiger partial charge on any atom is -0.391 e. The van der Waals surface area contributed by atoms with E-state index >= 15 is 0 Å². The molecule has 0 aromatic carbocycles. The topological polar surface area (TPSA) is 103 Å². The van der Waals surface area contributed by atoms with E-state index in [-0.39, 0.29) is 17.3 Å². The molecule has 19 heavy (non-hydrogen) atoms. The van der Waals surface area contributed by atoms with Crippen molar-refractivity contribution in [3.63, 3.8) is 0 Å². The number of aliphatic hydroxyl groups excluding tert-OH is 1. The van der Waals surface area contributed by atoms with Gasteiger partial charge in [0.15, 0.2) is 0 Å². The van der Waals surface area contributed by atoms with Gasteiger partial charge in [-0.2, -0.15) is 5.26 Å². The summed E-state index contributed by atoms with van der Waals surface area (Å²) in [5, 5.41) is 29.5. The first-order valence-electron chi connectivity index (χ1n) is 6.01. The predicted octanol–water partition coefficient (Wildman–Crippen LogP) is 1.07. The number of aromatic nitrogens is 1. The Kier molecular flexibility index (Phi) is 3.62. The molecular formula is C12H14N4O3. The van der Waals surface area contributed by atoms with Gasteiger partial charge in [0, 0.05) is 19.2 Å². The van der Waals surface area contributed by atoms with E-state index in [0.717, 1.165) is 6.42 Å². The fourth-order valence-electron chi connectivity index (χ4n) is 2.10. The highest BCUT2D eigenvalue weighted by Gasteiger charge is 2.26. The van der Waals surface area contributed by atoms with Crippen molar-refractivity contribution in [1.29, 1.82) is 5.26 Å². The van der Waals surface area contributed by atoms with Crippen LogP contribution in [0.15, 0.2) is 12.1 Å². The van der Waals surface area contributed by atoms with Crippen LogP contribution in [0.5, 0.6) is 0 Å². The van der Waals surface area contributed by atoms with E-state index in [0.29, 0.717) is 18.9 Å². The van der Waals surface area contributed by atoms with Crippen molar-refractivity contribution in [2.75, 3.05) is 18.0 Å². The predicted molar refractivity (Wildman–Crippen MR) is 67.6 cm³/mol. The van der Waals surface area contributed by atoms with Crippen molar-refractivity contribution >= 4 is 11.5 Å². The van der Waals surface area contributed by atoms with Gasteiger partial charge in [0.25, 0.3) is 0 Å². The summed E-state index contributed by atoms with van der Waals surface area (Å²) in [7, 11) is 0. The van der Waals surface area contributed by atoms with Gasteiger partial charge in [-0.05, 0) is 18.4 Å². The lowest BCUT2D eigenvalue weighted by Gasteiger charge is -2.34. The van der Waals surface area contributed by atoms with E-state index in [2.05, 4.69) is 4.98 Å². The van der Waals surface area contributed by atoms with Gasteiger partial charge >= 0.3 is 5.69 Å². The van der Waals surface area contributed by atoms with Crippen molar-refractivity contribution in [2.45, 2.75) is 19.4 Å². The monoisotopic (exact) mass is 262 g/mol. The van der Waals surface area contributed by atoms with Crippen molar-refractivity contribution in [2.24, 2.45) is 5.92 Å². The summed E-state index contributed by atoms with van der Waals surface area (Å²) in [6.07, 6.45) is 0.373. The van der Waals surface area contributed by atoms with E-state index in [1.165, 1.54) is 12.1 Å². The average molecular weight is 262 g/mol. The zero-order chi connectivity index (χ0) is 14.0. The molecule has 2 rings (SSSR count). The van der Waals surface area contributed by atoms with Crippen LogP contribution in [-0.2, 0) is 0 Å². The molecule has 7 heteroatoms. The van der Waals surface area contributed by atoms with Crippen LogP contribution < -0.4 is 4.90 Å². The maximum atomic E-state index is 10.7. The van der Waals surface area contributed by atoms with Gasteiger partial charge in [-0.15, -0.1) is 0 Å². The summed E-state index contributed by atoms with van der Waals surface area (Å²) in [5.41, 5.74) is -0.493. The molecule has 1 aliphatic rings. The molecule has 2 heterocycles. The van der Waals surface area contributed by atoms with Gasteiger partial charge in [0.1, 0.15) is 11.9 Å². The maximum Gasteiger partial charge on any atom is 0.305 e. The molecule has 0 aliphatic carbocycles. The molecule has 1 aromatic rings. The zero-order valence-corrected chi connectivity index (χ0v) is 10.5. The third-order valence-electron chi connectivity index (χ3n) is 3.40. The Morgan fingerprint density at radius 3 is 2.95 bits per heavy atom. The summed E-state index contributed by atoms with van der Waals surface area (Å²) in [6.45, 7) is 3.12. The third kappa shape index (κ3) is 2.63. The molecule has 1 saturated heterocycles. The van der Waals surface area contributed by atoms with Gasteiger partial charge in [-0.25, -0.2) is 4.98 Å². The third-order valence-corrected chi connectivity index (χ3v) is 3.40. The maximum absolute atomic E-state index is 10.7. The van der Waals surface area contributed by atoms with Crippen LogP contribution in [0.4, 0.5) is 11.5 Å². The molecule has 2 atom stereocenters. The molecule has 1 aromatic heterocycles. The lowest BCUT2D eigenvalue weighted by molar-refractivity contribution is -0.385. The molecule has 0 saturated carbocycles. The van der Waals surface area contributed by atoms with Crippen LogP contribution >= 0.6 is 0 Å². The van der Waals surface area contributed by atoms with Crippen LogP contribution in [0.1, 0.15) is 19.0 Å². The lowest BCUT2D eigenvalue weighted by Crippen LogP contribution is -2.43. The van der Waals surface area contributed by atoms with Crippen molar-refractivity contribution in [3.05, 3.63) is 27.9 Å². The van der Waals surface area contributed by atoms with Crippen LogP contribution in [0.2, 0.25) is 0 Å². The van der Waals surface area contributed by atoms with Crippen LogP contribution in [0.3, 0.4) is 0 Å². The van der Waals surface area contributed by atoms with Gasteiger partial charge in [-0.3, -0.25) is 10.1 Å². The molecular weight excluding hydrogens is 248 g/mol. The Morgan fingerprint density at radius 1 is 1.63 bits per heavy atom. The lowest BCUT2D eigenvalue weighted by atomic mass is 9.96. The molecule has 100 valence electrons. The first-order chi connectivity index (χ1) is 9.02. The number of nitriles is 1. The minimum atomic E-state index is -0.623. The number of anilines is 1. The molecule has 1 N–H and O–H groups in total. The number of β-amino-alcohol motifs (C(OH)–C–C–N with tert-alkyl or cyclic N) is 1. The summed E-state index contributed by atoms with van der Waals surface area (Å²) in [6, 6.07) is 4.53. The normalized spacial score (nSPS) is 22.9. The van der Waals surface area contributed by atoms with E-state index in [9.17, 15) is 15.2 Å². The molecule has 7 nitrogen and oxygen atoms in total. The summed E-state index contributed by atoms with van der Waals surface area (Å²) >= 11 is 0. The van der Waals surface area contributed by atoms with Crippen molar-refractivity contribution in [3.8, 4) is 6.07 Å². The Labute approximate surface area is 110 Å². The molecule has 1 fully saturated rings. The number of aliphatic hydroxyl groups is 1. The van der Waals surface area contributed by atoms with E-state index < -0.39 is 11.0 Å². The van der Waals surface area contributed by atoms with E-state index in [1.54, 1.807) is 6.07 Å². The van der Waals surface area contributed by atoms with Crippen LogP contribution in [0, 0.1) is 27.4 Å². The molecule has 0 spiro atoms. The number of pyridine rings is 1. The Balaban J connectivity index is 2.27. The van der Waals surface area contributed by atoms with Gasteiger partial charge in [0.05, 0.1) is 11.0 Å². The van der Waals surface area contributed by atoms with Crippen molar-refractivity contribution in [1.82, 2.24) is 4.98 Å². The molecule has 0 radical (unpaired) electrons. The van der Waals surface area contributed by atoms with Crippen LogP contribution in [-0.4, -0.2) is 34.2 Å². The van der Waals surface area contributed by atoms with Crippen molar-refractivity contribution < 1.29 is 10.0 Å². The van der Waals surface area contributed by atoms with E-state index in [4.69, 9.17) is 5.26 Å². The highest BCUT2D eigenvalue weighted by atomic mass is 16.6. The number of piperidine rings is 1. The number of rotatable bonds is 2. The minimum absolute atomic E-state index is 0.199. The second-order valence-corrected chi connectivity index (χ2v) is 4.69. The first kappa shape index (κ1) is 13.2. The standard InChI is InChI=1S/C12H14N4O3/c1-8-4-5-15(7-11(8)17)12-3-2-10(16(18)19)9(6-13)14-12/h2-3,8,11,17H,4-5,7H2,1H3. The summed E-state index contributed by atoms with van der Waals surface area (Å²) in [5.74, 6) is 0.720. The Hall–Kier alpha value is -2.20. The van der Waals surface area contributed by atoms with Gasteiger partial charge in [0.2, 0.25) is 5.69 Å². The molecule has 2 unspecified atom stereocenters. The Morgan fingerprint density at radius 2 is 2.37 bits per heavy atom. The SMILES string of the molecule is CC1CCN(c2ccc([N+](=O)[O-])c(C#N)n2)CC1O. The quantitative estimate of drug-likeness (QED) is 0.631. The highest BCUT2D eigenvalue weighted by molar-refractivity contribution is 5.51. The Bertz CT molecular complexity index is 540. The zero-order valence-electron chi connectivity index (χ0n) is 10.5. The van der Waals surface area contributed by atoms with E-state index in [1.807, 2.05) is 11.8 Å². The fraction of sp³-hybridized carbons (Fsp3) is 0.500. The number of hydrogen-bond acceptors (Lipinski definition) is 6. The second kappa shape index (κ2) is 5.20. The largest absolute Gasteiger partial charge is 0.391 e. The molecule has 0 amide bonds. The molecule has 1 aliphatic heterocycles. The summed E-state index contributed by atoms with van der Waals surface area (Å²) < 4.78 is 0. The molecule has 0 bridgehead atoms. The van der Waals surface area contributed by atoms with Gasteiger partial charge in [-0.1, -0.05) is 6.92 Å².